The normalized spacial score (nSPS) is 10.6. The Labute approximate surface area is 199 Å². The van der Waals surface area contributed by atoms with E-state index in [1.54, 1.807) is 42.3 Å². The van der Waals surface area contributed by atoms with Crippen molar-refractivity contribution in [1.29, 1.82) is 0 Å². The molecule has 1 amide bonds. The molecule has 33 heavy (non-hydrogen) atoms. The highest BCUT2D eigenvalue weighted by Gasteiger charge is 2.12. The SMILES string of the molecule is COc1ccc(OCc2ccc(C(=O)Nc3nn(Cc4ccc(F)cc4)cc3Br)cc2)cc1. The maximum Gasteiger partial charge on any atom is 0.256 e. The fourth-order valence-corrected chi connectivity index (χ4v) is 3.53. The molecule has 0 unspecified atom stereocenters. The van der Waals surface area contributed by atoms with Crippen molar-refractivity contribution >= 4 is 27.7 Å². The van der Waals surface area contributed by atoms with E-state index in [4.69, 9.17) is 9.47 Å². The van der Waals surface area contributed by atoms with Gasteiger partial charge in [-0.15, -0.1) is 0 Å². The molecule has 0 aliphatic rings. The lowest BCUT2D eigenvalue weighted by molar-refractivity contribution is 0.102. The standard InChI is InChI=1S/C25H21BrFN3O3/c1-32-21-10-12-22(13-11-21)33-16-18-2-6-19(7-3-18)25(31)28-24-23(26)15-30(29-24)14-17-4-8-20(27)9-5-17/h2-13,15H,14,16H2,1H3,(H,28,29,31). The molecular weight excluding hydrogens is 489 g/mol. The number of halogens is 2. The Morgan fingerprint density at radius 3 is 2.27 bits per heavy atom. The summed E-state index contributed by atoms with van der Waals surface area (Å²) >= 11 is 3.42. The van der Waals surface area contributed by atoms with Crippen LogP contribution in [0.4, 0.5) is 10.2 Å². The van der Waals surface area contributed by atoms with Gasteiger partial charge in [-0.3, -0.25) is 9.48 Å². The van der Waals surface area contributed by atoms with Gasteiger partial charge in [-0.1, -0.05) is 24.3 Å². The number of amides is 1. The number of anilines is 1. The van der Waals surface area contributed by atoms with Gasteiger partial charge < -0.3 is 14.8 Å². The van der Waals surface area contributed by atoms with E-state index in [1.165, 1.54) is 12.1 Å². The number of hydrogen-bond donors (Lipinski definition) is 1. The van der Waals surface area contributed by atoms with Crippen LogP contribution in [0, 0.1) is 5.82 Å². The number of rotatable bonds is 8. The Morgan fingerprint density at radius 1 is 0.970 bits per heavy atom. The first-order valence-corrected chi connectivity index (χ1v) is 10.9. The molecule has 0 radical (unpaired) electrons. The van der Waals surface area contributed by atoms with Gasteiger partial charge in [-0.05, 0) is 75.6 Å². The number of aromatic nitrogens is 2. The van der Waals surface area contributed by atoms with Crippen molar-refractivity contribution in [1.82, 2.24) is 9.78 Å². The molecule has 4 aromatic rings. The minimum absolute atomic E-state index is 0.273. The third kappa shape index (κ3) is 5.98. The lowest BCUT2D eigenvalue weighted by Gasteiger charge is -2.08. The topological polar surface area (TPSA) is 65.4 Å². The molecule has 168 valence electrons. The van der Waals surface area contributed by atoms with E-state index >= 15 is 0 Å². The predicted molar refractivity (Wildman–Crippen MR) is 127 cm³/mol. The first kappa shape index (κ1) is 22.5. The number of carbonyl (C=O) groups is 1. The van der Waals surface area contributed by atoms with Gasteiger partial charge in [0.2, 0.25) is 0 Å². The molecule has 4 rings (SSSR count). The number of ether oxygens (including phenoxy) is 2. The molecule has 0 spiro atoms. The molecule has 0 aliphatic heterocycles. The highest BCUT2D eigenvalue weighted by atomic mass is 79.9. The lowest BCUT2D eigenvalue weighted by atomic mass is 10.1. The Hall–Kier alpha value is -3.65. The minimum atomic E-state index is -0.285. The van der Waals surface area contributed by atoms with Crippen LogP contribution >= 0.6 is 15.9 Å². The van der Waals surface area contributed by atoms with E-state index in [2.05, 4.69) is 26.3 Å². The predicted octanol–water partition coefficient (Wildman–Crippen LogP) is 5.67. The molecule has 0 fully saturated rings. The molecule has 8 heteroatoms. The Bertz CT molecular complexity index is 1220. The summed E-state index contributed by atoms with van der Waals surface area (Å²) in [5, 5.41) is 7.21. The van der Waals surface area contributed by atoms with Crippen molar-refractivity contribution in [3.8, 4) is 11.5 Å². The Morgan fingerprint density at radius 2 is 1.61 bits per heavy atom. The smallest absolute Gasteiger partial charge is 0.256 e. The van der Waals surface area contributed by atoms with E-state index in [9.17, 15) is 9.18 Å². The van der Waals surface area contributed by atoms with Crippen molar-refractivity contribution in [3.05, 3.63) is 106 Å². The van der Waals surface area contributed by atoms with E-state index in [0.717, 1.165) is 22.6 Å². The molecule has 1 aromatic heterocycles. The summed E-state index contributed by atoms with van der Waals surface area (Å²) in [5.41, 5.74) is 2.34. The molecule has 0 aliphatic carbocycles. The van der Waals surface area contributed by atoms with Crippen molar-refractivity contribution in [2.45, 2.75) is 13.2 Å². The molecule has 3 aromatic carbocycles. The van der Waals surface area contributed by atoms with Gasteiger partial charge in [-0.2, -0.15) is 5.10 Å². The van der Waals surface area contributed by atoms with Crippen LogP contribution in [0.2, 0.25) is 0 Å². The van der Waals surface area contributed by atoms with E-state index in [0.29, 0.717) is 29.0 Å². The van der Waals surface area contributed by atoms with Crippen LogP contribution in [-0.2, 0) is 13.2 Å². The molecule has 0 saturated heterocycles. The van der Waals surface area contributed by atoms with Gasteiger partial charge in [0.05, 0.1) is 18.1 Å². The summed E-state index contributed by atoms with van der Waals surface area (Å²) in [5.74, 6) is 1.36. The summed E-state index contributed by atoms with van der Waals surface area (Å²) in [7, 11) is 1.62. The average Bonchev–Trinajstić information content (AvgIpc) is 3.18. The zero-order chi connectivity index (χ0) is 23.2. The molecular formula is C25H21BrFN3O3. The summed E-state index contributed by atoms with van der Waals surface area (Å²) in [6.45, 7) is 0.839. The van der Waals surface area contributed by atoms with Crippen molar-refractivity contribution in [2.75, 3.05) is 12.4 Å². The average molecular weight is 510 g/mol. The van der Waals surface area contributed by atoms with E-state index < -0.39 is 0 Å². The number of methoxy groups -OCH3 is 1. The third-order valence-electron chi connectivity index (χ3n) is 4.89. The van der Waals surface area contributed by atoms with Gasteiger partial charge in [0, 0.05) is 11.8 Å². The monoisotopic (exact) mass is 509 g/mol. The van der Waals surface area contributed by atoms with Crippen molar-refractivity contribution in [3.63, 3.8) is 0 Å². The van der Waals surface area contributed by atoms with Crippen molar-refractivity contribution in [2.24, 2.45) is 0 Å². The Balaban J connectivity index is 1.34. The number of nitrogens with zero attached hydrogens (tertiary/aromatic N) is 2. The second-order valence-corrected chi connectivity index (χ2v) is 8.12. The number of hydrogen-bond acceptors (Lipinski definition) is 4. The second kappa shape index (κ2) is 10.3. The quantitative estimate of drug-likeness (QED) is 0.332. The summed E-state index contributed by atoms with van der Waals surface area (Å²) < 4.78 is 26.3. The van der Waals surface area contributed by atoms with Crippen LogP contribution in [0.15, 0.2) is 83.5 Å². The first-order valence-electron chi connectivity index (χ1n) is 10.1. The Kier molecular flexibility index (Phi) is 7.04. The van der Waals surface area contributed by atoms with Gasteiger partial charge in [0.1, 0.15) is 23.9 Å². The second-order valence-electron chi connectivity index (χ2n) is 7.26. The first-order chi connectivity index (χ1) is 16.0. The maximum absolute atomic E-state index is 13.1. The number of benzene rings is 3. The lowest BCUT2D eigenvalue weighted by Crippen LogP contribution is -2.13. The molecule has 0 saturated carbocycles. The summed E-state index contributed by atoms with van der Waals surface area (Å²) in [6.07, 6.45) is 1.76. The maximum atomic E-state index is 13.1. The van der Waals surface area contributed by atoms with E-state index in [1.807, 2.05) is 36.4 Å². The molecule has 1 heterocycles. The minimum Gasteiger partial charge on any atom is -0.497 e. The van der Waals surface area contributed by atoms with Crippen LogP contribution in [0.1, 0.15) is 21.5 Å². The molecule has 0 atom stereocenters. The van der Waals surface area contributed by atoms with E-state index in [-0.39, 0.29) is 11.7 Å². The van der Waals surface area contributed by atoms with Crippen LogP contribution in [0.5, 0.6) is 11.5 Å². The highest BCUT2D eigenvalue weighted by Crippen LogP contribution is 2.22. The summed E-state index contributed by atoms with van der Waals surface area (Å²) in [4.78, 5) is 12.7. The van der Waals surface area contributed by atoms with Gasteiger partial charge in [0.15, 0.2) is 5.82 Å². The van der Waals surface area contributed by atoms with Crippen LogP contribution in [0.3, 0.4) is 0 Å². The number of nitrogens with one attached hydrogen (secondary N) is 1. The van der Waals surface area contributed by atoms with Crippen LogP contribution in [-0.4, -0.2) is 22.8 Å². The largest absolute Gasteiger partial charge is 0.497 e. The molecule has 1 N–H and O–H groups in total. The van der Waals surface area contributed by atoms with Gasteiger partial charge in [-0.25, -0.2) is 4.39 Å². The van der Waals surface area contributed by atoms with Gasteiger partial charge in [0.25, 0.3) is 5.91 Å². The zero-order valence-corrected chi connectivity index (χ0v) is 19.4. The number of carbonyl (C=O) groups excluding carboxylic acids is 1. The third-order valence-corrected chi connectivity index (χ3v) is 5.47. The van der Waals surface area contributed by atoms with Crippen LogP contribution in [0.25, 0.3) is 0 Å². The fourth-order valence-electron chi connectivity index (χ4n) is 3.11. The van der Waals surface area contributed by atoms with Crippen LogP contribution < -0.4 is 14.8 Å². The highest BCUT2D eigenvalue weighted by molar-refractivity contribution is 9.10. The van der Waals surface area contributed by atoms with Crippen molar-refractivity contribution < 1.29 is 18.7 Å². The molecule has 6 nitrogen and oxygen atoms in total. The molecule has 0 bridgehead atoms. The van der Waals surface area contributed by atoms with Gasteiger partial charge >= 0.3 is 0 Å². The fraction of sp³-hybridized carbons (Fsp3) is 0.120. The summed E-state index contributed by atoms with van der Waals surface area (Å²) in [6, 6.07) is 20.7. The zero-order valence-electron chi connectivity index (χ0n) is 17.8.